The molecule has 2 aromatic carbocycles. The van der Waals surface area contributed by atoms with Crippen LogP contribution in [0.25, 0.3) is 22.9 Å². The molecule has 5 nitrogen and oxygen atoms in total. The molecule has 0 aliphatic heterocycles. The molecule has 0 N–H and O–H groups in total. The van der Waals surface area contributed by atoms with Gasteiger partial charge in [0.25, 0.3) is 5.22 Å². The Morgan fingerprint density at radius 2 is 1.62 bits per heavy atom. The largest absolute Gasteiger partial charge is 0.441 e. The number of hydrogen-bond donors (Lipinski definition) is 0. The van der Waals surface area contributed by atoms with Crippen LogP contribution in [0.2, 0.25) is 5.02 Å². The number of aromatic nitrogens is 3. The van der Waals surface area contributed by atoms with E-state index in [4.69, 9.17) is 20.4 Å². The minimum atomic E-state index is 0.464. The molecular formula is C19H14ClN3O2S. The molecule has 0 aliphatic rings. The molecular weight excluding hydrogens is 370 g/mol. The Labute approximate surface area is 159 Å². The summed E-state index contributed by atoms with van der Waals surface area (Å²) in [5, 5.41) is 9.31. The maximum Gasteiger partial charge on any atom is 0.277 e. The van der Waals surface area contributed by atoms with Gasteiger partial charge in [-0.2, -0.15) is 0 Å². The molecule has 2 aromatic heterocycles. The summed E-state index contributed by atoms with van der Waals surface area (Å²) in [6, 6.07) is 17.1. The Morgan fingerprint density at radius 3 is 2.38 bits per heavy atom. The molecule has 0 aliphatic carbocycles. The minimum Gasteiger partial charge on any atom is -0.441 e. The molecule has 0 atom stereocenters. The van der Waals surface area contributed by atoms with Gasteiger partial charge in [-0.05, 0) is 43.3 Å². The highest BCUT2D eigenvalue weighted by Gasteiger charge is 2.14. The maximum atomic E-state index is 5.90. The lowest BCUT2D eigenvalue weighted by molar-refractivity contribution is 0.465. The summed E-state index contributed by atoms with van der Waals surface area (Å²) in [7, 11) is 0. The molecule has 0 spiro atoms. The number of rotatable bonds is 5. The number of halogens is 1. The third-order valence-electron chi connectivity index (χ3n) is 3.74. The van der Waals surface area contributed by atoms with Crippen LogP contribution in [-0.4, -0.2) is 15.2 Å². The molecule has 4 rings (SSSR count). The number of aryl methyl sites for hydroxylation is 1. The summed E-state index contributed by atoms with van der Waals surface area (Å²) in [6.45, 7) is 1.91. The highest BCUT2D eigenvalue weighted by atomic mass is 35.5. The summed E-state index contributed by atoms with van der Waals surface area (Å²) in [5.74, 6) is 2.45. The third kappa shape index (κ3) is 3.66. The number of hydrogen-bond acceptors (Lipinski definition) is 6. The molecule has 0 radical (unpaired) electrons. The molecule has 0 saturated carbocycles. The van der Waals surface area contributed by atoms with Crippen molar-refractivity contribution in [2.45, 2.75) is 17.9 Å². The monoisotopic (exact) mass is 383 g/mol. The molecule has 4 aromatic rings. The number of nitrogens with zero attached hydrogens (tertiary/aromatic N) is 3. The van der Waals surface area contributed by atoms with E-state index in [1.165, 1.54) is 11.8 Å². The second-order valence-corrected chi connectivity index (χ2v) is 6.92. The van der Waals surface area contributed by atoms with E-state index in [-0.39, 0.29) is 0 Å². The van der Waals surface area contributed by atoms with Gasteiger partial charge >= 0.3 is 0 Å². The summed E-state index contributed by atoms with van der Waals surface area (Å²) in [4.78, 5) is 4.58. The van der Waals surface area contributed by atoms with Gasteiger partial charge in [0.15, 0.2) is 0 Å². The molecule has 0 bridgehead atoms. The van der Waals surface area contributed by atoms with Crippen molar-refractivity contribution in [1.29, 1.82) is 0 Å². The first kappa shape index (κ1) is 16.9. The highest BCUT2D eigenvalue weighted by Crippen LogP contribution is 2.29. The number of benzene rings is 2. The highest BCUT2D eigenvalue weighted by molar-refractivity contribution is 7.98. The van der Waals surface area contributed by atoms with Crippen LogP contribution in [0.3, 0.4) is 0 Å². The van der Waals surface area contributed by atoms with Crippen LogP contribution in [0, 0.1) is 6.92 Å². The van der Waals surface area contributed by atoms with Crippen molar-refractivity contribution in [3.63, 3.8) is 0 Å². The Hall–Kier alpha value is -2.57. The third-order valence-corrected chi connectivity index (χ3v) is 4.83. The van der Waals surface area contributed by atoms with Gasteiger partial charge in [0.1, 0.15) is 5.76 Å². The molecule has 2 heterocycles. The predicted molar refractivity (Wildman–Crippen MR) is 101 cm³/mol. The minimum absolute atomic E-state index is 0.464. The van der Waals surface area contributed by atoms with E-state index in [9.17, 15) is 0 Å². The molecule has 7 heteroatoms. The van der Waals surface area contributed by atoms with E-state index >= 15 is 0 Å². The van der Waals surface area contributed by atoms with Crippen molar-refractivity contribution in [3.05, 3.63) is 71.1 Å². The van der Waals surface area contributed by atoms with Gasteiger partial charge in [-0.3, -0.25) is 0 Å². The number of oxazole rings is 1. The second-order valence-electron chi connectivity index (χ2n) is 5.56. The fraction of sp³-hybridized carbons (Fsp3) is 0.105. The number of thioether (sulfide) groups is 1. The molecule has 0 unspecified atom stereocenters. The molecule has 0 amide bonds. The summed E-state index contributed by atoms with van der Waals surface area (Å²) < 4.78 is 11.5. The van der Waals surface area contributed by atoms with Crippen LogP contribution in [0.1, 0.15) is 11.5 Å². The van der Waals surface area contributed by atoms with Crippen molar-refractivity contribution in [3.8, 4) is 22.9 Å². The van der Waals surface area contributed by atoms with E-state index in [0.29, 0.717) is 27.8 Å². The lowest BCUT2D eigenvalue weighted by atomic mass is 10.2. The SMILES string of the molecule is Cc1oc(-c2ccccc2)nc1CSc1nnc(-c2ccc(Cl)cc2)o1. The van der Waals surface area contributed by atoms with Crippen molar-refractivity contribution >= 4 is 23.4 Å². The quantitative estimate of drug-likeness (QED) is 0.415. The zero-order chi connectivity index (χ0) is 17.9. The van der Waals surface area contributed by atoms with Crippen LogP contribution < -0.4 is 0 Å². The molecule has 0 saturated heterocycles. The molecule has 26 heavy (non-hydrogen) atoms. The summed E-state index contributed by atoms with van der Waals surface area (Å²) in [5.41, 5.74) is 2.65. The van der Waals surface area contributed by atoms with E-state index < -0.39 is 0 Å². The Morgan fingerprint density at radius 1 is 0.885 bits per heavy atom. The van der Waals surface area contributed by atoms with Crippen LogP contribution in [0.5, 0.6) is 0 Å². The summed E-state index contributed by atoms with van der Waals surface area (Å²) in [6.07, 6.45) is 0. The predicted octanol–water partition coefficient (Wildman–Crippen LogP) is 5.65. The first-order valence-electron chi connectivity index (χ1n) is 7.93. The summed E-state index contributed by atoms with van der Waals surface area (Å²) >= 11 is 7.32. The van der Waals surface area contributed by atoms with E-state index in [1.807, 2.05) is 49.4 Å². The van der Waals surface area contributed by atoms with Gasteiger partial charge in [0, 0.05) is 21.9 Å². The van der Waals surface area contributed by atoms with Gasteiger partial charge < -0.3 is 8.83 Å². The van der Waals surface area contributed by atoms with Gasteiger partial charge in [-0.15, -0.1) is 10.2 Å². The first-order chi connectivity index (χ1) is 12.7. The molecule has 130 valence electrons. The fourth-order valence-corrected chi connectivity index (χ4v) is 3.26. The average molecular weight is 384 g/mol. The van der Waals surface area contributed by atoms with Crippen molar-refractivity contribution in [2.75, 3.05) is 0 Å². The topological polar surface area (TPSA) is 65.0 Å². The fourth-order valence-electron chi connectivity index (χ4n) is 2.37. The zero-order valence-corrected chi connectivity index (χ0v) is 15.4. The normalized spacial score (nSPS) is 11.0. The van der Waals surface area contributed by atoms with Crippen LogP contribution in [-0.2, 0) is 5.75 Å². The smallest absolute Gasteiger partial charge is 0.277 e. The van der Waals surface area contributed by atoms with Crippen LogP contribution in [0.15, 0.2) is 68.7 Å². The second kappa shape index (κ2) is 7.35. The van der Waals surface area contributed by atoms with Gasteiger partial charge in [0.2, 0.25) is 11.8 Å². The van der Waals surface area contributed by atoms with Crippen LogP contribution >= 0.6 is 23.4 Å². The van der Waals surface area contributed by atoms with Crippen LogP contribution in [0.4, 0.5) is 0 Å². The first-order valence-corrected chi connectivity index (χ1v) is 9.29. The van der Waals surface area contributed by atoms with E-state index in [0.717, 1.165) is 22.6 Å². The van der Waals surface area contributed by atoms with Crippen molar-refractivity contribution < 1.29 is 8.83 Å². The Bertz CT molecular complexity index is 1010. The van der Waals surface area contributed by atoms with Gasteiger partial charge in [-0.25, -0.2) is 4.98 Å². The van der Waals surface area contributed by atoms with Gasteiger partial charge in [-0.1, -0.05) is 41.6 Å². The lowest BCUT2D eigenvalue weighted by Crippen LogP contribution is -1.84. The lowest BCUT2D eigenvalue weighted by Gasteiger charge is -1.95. The molecule has 0 fully saturated rings. The zero-order valence-electron chi connectivity index (χ0n) is 13.8. The Kier molecular flexibility index (Phi) is 4.77. The van der Waals surface area contributed by atoms with Crippen molar-refractivity contribution in [2.24, 2.45) is 0 Å². The van der Waals surface area contributed by atoms with Gasteiger partial charge in [0.05, 0.1) is 5.69 Å². The Balaban J connectivity index is 1.46. The van der Waals surface area contributed by atoms with Crippen molar-refractivity contribution in [1.82, 2.24) is 15.2 Å². The maximum absolute atomic E-state index is 5.90. The van der Waals surface area contributed by atoms with E-state index in [1.54, 1.807) is 12.1 Å². The average Bonchev–Trinajstić information content (AvgIpc) is 3.28. The van der Waals surface area contributed by atoms with E-state index in [2.05, 4.69) is 15.2 Å². The standard InChI is InChI=1S/C19H14ClN3O2S/c1-12-16(21-17(24-12)13-5-3-2-4-6-13)11-26-19-23-22-18(25-19)14-7-9-15(20)10-8-14/h2-10H,11H2,1H3.